The molecule has 1 nitrogen and oxygen atoms in total. The molecule has 0 spiro atoms. The molecule has 176 valence electrons. The second kappa shape index (κ2) is 12.6. The van der Waals surface area contributed by atoms with Crippen LogP contribution in [0, 0.1) is 0 Å². The smallest absolute Gasteiger partial charge is 0.0947 e. The SMILES string of the molecule is CCCCCCC(C)(CCC)[P+](C1CCCCC1)(C1CCCCC1)N1CCCCC1. The number of unbranched alkanes of at least 4 members (excludes halogenated alkanes) is 3. The Kier molecular flexibility index (Phi) is 10.5. The quantitative estimate of drug-likeness (QED) is 0.230. The molecule has 3 aliphatic rings. The molecular formula is C28H55NP+. The fourth-order valence-electron chi connectivity index (χ4n) is 8.09. The van der Waals surface area contributed by atoms with Crippen molar-refractivity contribution >= 4 is 7.41 Å². The van der Waals surface area contributed by atoms with Crippen LogP contribution in [0.5, 0.6) is 0 Å². The van der Waals surface area contributed by atoms with E-state index < -0.39 is 7.41 Å². The van der Waals surface area contributed by atoms with Crippen LogP contribution in [0.2, 0.25) is 0 Å². The molecule has 0 N–H and O–H groups in total. The molecule has 1 atom stereocenters. The maximum Gasteiger partial charge on any atom is 0.0947 e. The fraction of sp³-hybridized carbons (Fsp3) is 1.00. The normalized spacial score (nSPS) is 25.3. The van der Waals surface area contributed by atoms with Gasteiger partial charge in [-0.1, -0.05) is 58.8 Å². The van der Waals surface area contributed by atoms with Gasteiger partial charge in [0.1, 0.15) is 0 Å². The minimum Gasteiger partial charge on any atom is -0.179 e. The third-order valence-electron chi connectivity index (χ3n) is 9.29. The zero-order valence-electron chi connectivity index (χ0n) is 21.1. The molecule has 3 rings (SSSR count). The van der Waals surface area contributed by atoms with Crippen LogP contribution in [0.3, 0.4) is 0 Å². The number of nitrogens with zero attached hydrogens (tertiary/aromatic N) is 1. The van der Waals surface area contributed by atoms with Gasteiger partial charge in [-0.3, -0.25) is 0 Å². The van der Waals surface area contributed by atoms with E-state index in [2.05, 4.69) is 25.4 Å². The Balaban J connectivity index is 2.02. The Labute approximate surface area is 190 Å². The van der Waals surface area contributed by atoms with E-state index in [0.29, 0.717) is 5.16 Å². The predicted molar refractivity (Wildman–Crippen MR) is 138 cm³/mol. The second-order valence-corrected chi connectivity index (χ2v) is 16.0. The summed E-state index contributed by atoms with van der Waals surface area (Å²) in [6.07, 6.45) is 30.2. The van der Waals surface area contributed by atoms with Crippen LogP contribution in [0.1, 0.15) is 149 Å². The van der Waals surface area contributed by atoms with Gasteiger partial charge in [0, 0.05) is 13.1 Å². The Morgan fingerprint density at radius 3 is 1.67 bits per heavy atom. The first-order valence-electron chi connectivity index (χ1n) is 14.3. The molecule has 1 saturated heterocycles. The molecule has 0 aromatic rings. The Bertz CT molecular complexity index is 414. The molecule has 1 aliphatic heterocycles. The molecule has 0 bridgehead atoms. The van der Waals surface area contributed by atoms with Crippen molar-refractivity contribution in [1.29, 1.82) is 0 Å². The molecule has 1 heterocycles. The zero-order chi connectivity index (χ0) is 21.3. The lowest BCUT2D eigenvalue weighted by atomic mass is 9.96. The number of hydrogen-bond donors (Lipinski definition) is 0. The van der Waals surface area contributed by atoms with Crippen LogP contribution >= 0.6 is 7.41 Å². The van der Waals surface area contributed by atoms with Gasteiger partial charge in [-0.25, -0.2) is 0 Å². The van der Waals surface area contributed by atoms with E-state index >= 15 is 0 Å². The van der Waals surface area contributed by atoms with Gasteiger partial charge >= 0.3 is 0 Å². The summed E-state index contributed by atoms with van der Waals surface area (Å²) in [5, 5.41) is 0.622. The van der Waals surface area contributed by atoms with Gasteiger partial charge in [0.05, 0.1) is 23.9 Å². The van der Waals surface area contributed by atoms with E-state index in [9.17, 15) is 0 Å². The predicted octanol–water partition coefficient (Wildman–Crippen LogP) is 9.60. The van der Waals surface area contributed by atoms with Gasteiger partial charge in [-0.2, -0.15) is 4.67 Å². The topological polar surface area (TPSA) is 3.24 Å². The van der Waals surface area contributed by atoms with Crippen LogP contribution in [0.4, 0.5) is 0 Å². The first kappa shape index (κ1) is 25.0. The van der Waals surface area contributed by atoms with Crippen LogP contribution in [-0.4, -0.2) is 34.2 Å². The molecule has 2 saturated carbocycles. The van der Waals surface area contributed by atoms with Crippen molar-refractivity contribution in [1.82, 2.24) is 4.67 Å². The summed E-state index contributed by atoms with van der Waals surface area (Å²) in [6.45, 7) is 10.6. The molecule has 3 fully saturated rings. The highest BCUT2D eigenvalue weighted by molar-refractivity contribution is 7.76. The maximum atomic E-state index is 3.29. The summed E-state index contributed by atoms with van der Waals surface area (Å²) < 4.78 is 3.29. The average molecular weight is 437 g/mol. The Morgan fingerprint density at radius 2 is 1.17 bits per heavy atom. The van der Waals surface area contributed by atoms with Gasteiger partial charge in [-0.15, -0.1) is 0 Å². The molecular weight excluding hydrogens is 381 g/mol. The van der Waals surface area contributed by atoms with Crippen molar-refractivity contribution in [3.05, 3.63) is 0 Å². The van der Waals surface area contributed by atoms with Gasteiger partial charge < -0.3 is 0 Å². The molecule has 2 heteroatoms. The number of rotatable bonds is 11. The third-order valence-corrected chi connectivity index (χ3v) is 16.1. The Hall–Kier alpha value is 0.390. The average Bonchev–Trinajstić information content (AvgIpc) is 2.80. The highest BCUT2D eigenvalue weighted by atomic mass is 31.2. The van der Waals surface area contributed by atoms with E-state index in [-0.39, 0.29) is 0 Å². The fourth-order valence-corrected chi connectivity index (χ4v) is 16.4. The first-order valence-corrected chi connectivity index (χ1v) is 16.2. The summed E-state index contributed by atoms with van der Waals surface area (Å²) in [6, 6.07) is 0. The van der Waals surface area contributed by atoms with Crippen LogP contribution in [0.25, 0.3) is 0 Å². The van der Waals surface area contributed by atoms with Gasteiger partial charge in [0.25, 0.3) is 0 Å². The summed E-state index contributed by atoms with van der Waals surface area (Å²) in [4.78, 5) is 0. The van der Waals surface area contributed by atoms with Crippen molar-refractivity contribution in [3.8, 4) is 0 Å². The van der Waals surface area contributed by atoms with Gasteiger partial charge in [0.2, 0.25) is 0 Å². The first-order chi connectivity index (χ1) is 14.7. The highest BCUT2D eigenvalue weighted by Gasteiger charge is 2.66. The van der Waals surface area contributed by atoms with Crippen molar-refractivity contribution in [3.63, 3.8) is 0 Å². The molecule has 0 aromatic carbocycles. The lowest BCUT2D eigenvalue weighted by molar-refractivity contribution is 0.315. The molecule has 0 radical (unpaired) electrons. The highest BCUT2D eigenvalue weighted by Crippen LogP contribution is 2.83. The van der Waals surface area contributed by atoms with Crippen LogP contribution in [0.15, 0.2) is 0 Å². The number of hydrogen-bond acceptors (Lipinski definition) is 1. The second-order valence-electron chi connectivity index (χ2n) is 11.4. The summed E-state index contributed by atoms with van der Waals surface area (Å²) in [5.41, 5.74) is 2.16. The third kappa shape index (κ3) is 5.47. The zero-order valence-corrected chi connectivity index (χ0v) is 22.0. The van der Waals surface area contributed by atoms with Crippen molar-refractivity contribution in [2.24, 2.45) is 0 Å². The van der Waals surface area contributed by atoms with Crippen molar-refractivity contribution < 1.29 is 0 Å². The largest absolute Gasteiger partial charge is 0.179 e. The van der Waals surface area contributed by atoms with E-state index in [1.807, 2.05) is 0 Å². The lowest BCUT2D eigenvalue weighted by Crippen LogP contribution is -2.51. The van der Waals surface area contributed by atoms with E-state index in [1.54, 1.807) is 25.7 Å². The molecule has 0 aromatic heterocycles. The van der Waals surface area contributed by atoms with E-state index in [1.165, 1.54) is 116 Å². The van der Waals surface area contributed by atoms with E-state index in [4.69, 9.17) is 0 Å². The summed E-state index contributed by atoms with van der Waals surface area (Å²) >= 11 is 0. The number of piperidine rings is 1. The molecule has 2 aliphatic carbocycles. The Morgan fingerprint density at radius 1 is 0.633 bits per heavy atom. The maximum absolute atomic E-state index is 3.29. The lowest BCUT2D eigenvalue weighted by Gasteiger charge is -2.58. The van der Waals surface area contributed by atoms with Gasteiger partial charge in [-0.05, 0) is 90.4 Å². The standard InChI is InChI=1S/C28H55NP/c1-4-6-7-15-23-28(3,22-5-2)30(26-18-11-8-12-19-26,27-20-13-9-14-21-27)29-24-16-10-17-25-29/h26-27H,4-25H2,1-3H3/q+1. The van der Waals surface area contributed by atoms with Gasteiger partial charge in [0.15, 0.2) is 0 Å². The summed E-state index contributed by atoms with van der Waals surface area (Å²) in [7, 11) is -1.18. The van der Waals surface area contributed by atoms with Crippen LogP contribution in [-0.2, 0) is 0 Å². The summed E-state index contributed by atoms with van der Waals surface area (Å²) in [5.74, 6) is 0. The minimum atomic E-state index is -1.18. The molecule has 0 amide bonds. The molecule has 30 heavy (non-hydrogen) atoms. The van der Waals surface area contributed by atoms with E-state index in [0.717, 1.165) is 11.3 Å². The monoisotopic (exact) mass is 436 g/mol. The minimum absolute atomic E-state index is 0.622. The molecule has 1 unspecified atom stereocenters. The van der Waals surface area contributed by atoms with Crippen LogP contribution < -0.4 is 0 Å². The van der Waals surface area contributed by atoms with Crippen molar-refractivity contribution in [2.45, 2.75) is 166 Å². The van der Waals surface area contributed by atoms with Crippen molar-refractivity contribution in [2.75, 3.05) is 13.1 Å².